The van der Waals surface area contributed by atoms with Gasteiger partial charge in [-0.2, -0.15) is 4.98 Å². The summed E-state index contributed by atoms with van der Waals surface area (Å²) < 4.78 is 12.0. The Morgan fingerprint density at radius 1 is 1.14 bits per heavy atom. The molecule has 3 aromatic rings. The van der Waals surface area contributed by atoms with Crippen LogP contribution in [0.3, 0.4) is 0 Å². The average Bonchev–Trinajstić information content (AvgIpc) is 2.84. The third kappa shape index (κ3) is 2.31. The number of nitrogen functional groups attached to an aromatic ring is 1. The highest BCUT2D eigenvalue weighted by Gasteiger charge is 2.14. The molecule has 8 nitrogen and oxygen atoms in total. The van der Waals surface area contributed by atoms with Crippen LogP contribution in [0.5, 0.6) is 11.8 Å². The van der Waals surface area contributed by atoms with Crippen molar-refractivity contribution < 1.29 is 9.47 Å². The second-order valence-electron chi connectivity index (χ2n) is 4.32. The Hall–Kier alpha value is -2.90. The van der Waals surface area contributed by atoms with E-state index in [1.54, 1.807) is 23.9 Å². The fraction of sp³-hybridized carbons (Fsp3) is 0.231. The van der Waals surface area contributed by atoms with E-state index in [1.165, 1.54) is 13.4 Å². The van der Waals surface area contributed by atoms with E-state index in [9.17, 15) is 0 Å². The molecule has 108 valence electrons. The first-order valence-electron chi connectivity index (χ1n) is 6.22. The van der Waals surface area contributed by atoms with Crippen LogP contribution in [0.2, 0.25) is 0 Å². The highest BCUT2D eigenvalue weighted by Crippen LogP contribution is 2.23. The van der Waals surface area contributed by atoms with E-state index in [-0.39, 0.29) is 0 Å². The summed E-state index contributed by atoms with van der Waals surface area (Å²) in [5.41, 5.74) is 8.08. The van der Waals surface area contributed by atoms with Crippen LogP contribution in [0.15, 0.2) is 24.7 Å². The van der Waals surface area contributed by atoms with Crippen molar-refractivity contribution in [3.63, 3.8) is 0 Å². The summed E-state index contributed by atoms with van der Waals surface area (Å²) in [6, 6.07) is 3.70. The van der Waals surface area contributed by atoms with Crippen LogP contribution in [0.1, 0.15) is 5.56 Å². The van der Waals surface area contributed by atoms with Crippen LogP contribution in [-0.4, -0.2) is 38.7 Å². The van der Waals surface area contributed by atoms with Gasteiger partial charge >= 0.3 is 0 Å². The lowest BCUT2D eigenvalue weighted by molar-refractivity contribution is 0.397. The Morgan fingerprint density at radius 3 is 2.67 bits per heavy atom. The van der Waals surface area contributed by atoms with Crippen molar-refractivity contribution >= 4 is 17.1 Å². The van der Waals surface area contributed by atoms with Crippen molar-refractivity contribution in [2.75, 3.05) is 20.0 Å². The molecule has 0 fully saturated rings. The molecule has 0 aliphatic heterocycles. The van der Waals surface area contributed by atoms with Crippen molar-refractivity contribution in [2.45, 2.75) is 6.54 Å². The van der Waals surface area contributed by atoms with Gasteiger partial charge in [0.1, 0.15) is 6.33 Å². The Labute approximate surface area is 120 Å². The topological polar surface area (TPSA) is 101 Å². The van der Waals surface area contributed by atoms with E-state index >= 15 is 0 Å². The van der Waals surface area contributed by atoms with E-state index in [1.807, 2.05) is 6.07 Å². The van der Waals surface area contributed by atoms with Gasteiger partial charge in [-0.3, -0.25) is 4.57 Å². The molecule has 3 heterocycles. The Kier molecular flexibility index (Phi) is 3.27. The number of ether oxygens (including phenoxy) is 2. The highest BCUT2D eigenvalue weighted by atomic mass is 16.5. The summed E-state index contributed by atoms with van der Waals surface area (Å²) in [5.74, 6) is 1.31. The molecular weight excluding hydrogens is 272 g/mol. The van der Waals surface area contributed by atoms with Crippen LogP contribution in [0.4, 0.5) is 5.95 Å². The summed E-state index contributed by atoms with van der Waals surface area (Å²) in [7, 11) is 3.11. The van der Waals surface area contributed by atoms with Gasteiger partial charge in [-0.15, -0.1) is 0 Å². The van der Waals surface area contributed by atoms with Gasteiger partial charge in [0.15, 0.2) is 11.2 Å². The van der Waals surface area contributed by atoms with Gasteiger partial charge in [-0.1, -0.05) is 6.07 Å². The number of hydrogen-bond donors (Lipinski definition) is 1. The highest BCUT2D eigenvalue weighted by molar-refractivity contribution is 5.79. The second kappa shape index (κ2) is 5.23. The Balaban J connectivity index is 2.01. The van der Waals surface area contributed by atoms with E-state index in [4.69, 9.17) is 15.2 Å². The number of nitrogens with two attached hydrogens (primary N) is 1. The normalized spacial score (nSPS) is 10.8. The average molecular weight is 286 g/mol. The van der Waals surface area contributed by atoms with E-state index in [2.05, 4.69) is 19.9 Å². The first-order valence-corrected chi connectivity index (χ1v) is 6.22. The molecule has 0 saturated heterocycles. The molecule has 0 aromatic carbocycles. The zero-order valence-corrected chi connectivity index (χ0v) is 11.6. The molecule has 0 amide bonds. The largest absolute Gasteiger partial charge is 0.481 e. The Bertz CT molecular complexity index is 768. The number of fused-ring (bicyclic) bond motifs is 1. The fourth-order valence-electron chi connectivity index (χ4n) is 2.05. The van der Waals surface area contributed by atoms with Gasteiger partial charge < -0.3 is 15.2 Å². The lowest BCUT2D eigenvalue weighted by atomic mass is 10.3. The number of anilines is 1. The smallest absolute Gasteiger partial charge is 0.245 e. The minimum atomic E-state index is 0.347. The first-order chi connectivity index (χ1) is 10.2. The number of imidazole rings is 1. The van der Waals surface area contributed by atoms with Crippen LogP contribution in [0.25, 0.3) is 11.2 Å². The fourth-order valence-corrected chi connectivity index (χ4v) is 2.05. The third-order valence-electron chi connectivity index (χ3n) is 3.07. The number of rotatable bonds is 4. The molecule has 0 bridgehead atoms. The van der Waals surface area contributed by atoms with Crippen molar-refractivity contribution in [3.05, 3.63) is 30.2 Å². The maximum Gasteiger partial charge on any atom is 0.245 e. The number of hydrogen-bond acceptors (Lipinski definition) is 7. The zero-order valence-electron chi connectivity index (χ0n) is 11.6. The lowest BCUT2D eigenvalue weighted by Gasteiger charge is -2.06. The molecule has 8 heteroatoms. The van der Waals surface area contributed by atoms with Crippen molar-refractivity contribution in [1.82, 2.24) is 24.5 Å². The minimum Gasteiger partial charge on any atom is -0.481 e. The molecule has 0 saturated carbocycles. The predicted octanol–water partition coefficient (Wildman–Crippen LogP) is 0.869. The summed E-state index contributed by atoms with van der Waals surface area (Å²) in [6.07, 6.45) is 3.15. The van der Waals surface area contributed by atoms with E-state index in [0.29, 0.717) is 35.4 Å². The molecule has 0 spiro atoms. The maximum absolute atomic E-state index is 5.96. The van der Waals surface area contributed by atoms with Gasteiger partial charge in [0, 0.05) is 12.3 Å². The molecule has 0 aliphatic carbocycles. The van der Waals surface area contributed by atoms with Gasteiger partial charge in [0.2, 0.25) is 17.7 Å². The molecule has 0 radical (unpaired) electrons. The number of nitrogens with zero attached hydrogens (tertiary/aromatic N) is 5. The summed E-state index contributed by atoms with van der Waals surface area (Å²) in [6.45, 7) is 0.499. The molecule has 0 aliphatic rings. The summed E-state index contributed by atoms with van der Waals surface area (Å²) in [5, 5.41) is 0. The van der Waals surface area contributed by atoms with Crippen LogP contribution in [-0.2, 0) is 6.54 Å². The van der Waals surface area contributed by atoms with Gasteiger partial charge in [0.05, 0.1) is 20.8 Å². The standard InChI is InChI=1S/C13H14N6O2/c1-20-9-4-3-8(5-15-9)6-19-11-10(18-13(19)14)12(21-2)17-7-16-11/h3-5,7H,6H2,1-2H3,(H2,14,18). The first kappa shape index (κ1) is 13.1. The molecule has 0 atom stereocenters. The summed E-state index contributed by atoms with van der Waals surface area (Å²) >= 11 is 0. The monoisotopic (exact) mass is 286 g/mol. The van der Waals surface area contributed by atoms with Crippen molar-refractivity contribution in [1.29, 1.82) is 0 Å². The lowest BCUT2D eigenvalue weighted by Crippen LogP contribution is -2.05. The number of methoxy groups -OCH3 is 2. The van der Waals surface area contributed by atoms with Crippen molar-refractivity contribution in [3.8, 4) is 11.8 Å². The van der Waals surface area contributed by atoms with Crippen LogP contribution >= 0.6 is 0 Å². The third-order valence-corrected chi connectivity index (χ3v) is 3.07. The van der Waals surface area contributed by atoms with Crippen LogP contribution in [0, 0.1) is 0 Å². The Morgan fingerprint density at radius 2 is 2.00 bits per heavy atom. The SMILES string of the molecule is COc1ccc(Cn2c(N)nc3c(OC)ncnc32)cn1. The molecular formula is C13H14N6O2. The molecule has 3 aromatic heterocycles. The van der Waals surface area contributed by atoms with Crippen LogP contribution < -0.4 is 15.2 Å². The zero-order chi connectivity index (χ0) is 14.8. The van der Waals surface area contributed by atoms with E-state index < -0.39 is 0 Å². The molecule has 0 unspecified atom stereocenters. The summed E-state index contributed by atoms with van der Waals surface area (Å²) in [4.78, 5) is 16.7. The molecule has 21 heavy (non-hydrogen) atoms. The number of aromatic nitrogens is 5. The second-order valence-corrected chi connectivity index (χ2v) is 4.32. The maximum atomic E-state index is 5.96. The predicted molar refractivity (Wildman–Crippen MR) is 76.2 cm³/mol. The molecule has 2 N–H and O–H groups in total. The number of pyridine rings is 1. The van der Waals surface area contributed by atoms with E-state index in [0.717, 1.165) is 5.56 Å². The van der Waals surface area contributed by atoms with Gasteiger partial charge in [-0.05, 0) is 5.56 Å². The molecule has 3 rings (SSSR count). The minimum absolute atomic E-state index is 0.347. The van der Waals surface area contributed by atoms with Crippen molar-refractivity contribution in [2.24, 2.45) is 0 Å². The quantitative estimate of drug-likeness (QED) is 0.759. The van der Waals surface area contributed by atoms with Gasteiger partial charge in [0.25, 0.3) is 0 Å². The van der Waals surface area contributed by atoms with Gasteiger partial charge in [-0.25, -0.2) is 15.0 Å².